The van der Waals surface area contributed by atoms with Gasteiger partial charge in [0.2, 0.25) is 5.13 Å². The summed E-state index contributed by atoms with van der Waals surface area (Å²) in [6.07, 6.45) is 0. The Morgan fingerprint density at radius 1 is 1.17 bits per heavy atom. The molecule has 146 valence electrons. The molecule has 3 rings (SSSR count). The van der Waals surface area contributed by atoms with E-state index in [-0.39, 0.29) is 5.97 Å². The lowest BCUT2D eigenvalue weighted by atomic mass is 10.1. The molecule has 0 atom stereocenters. The average Bonchev–Trinajstić information content (AvgIpc) is 3.19. The number of esters is 1. The largest absolute Gasteiger partial charge is 0.465 e. The second-order valence-electron chi connectivity index (χ2n) is 5.63. The van der Waals surface area contributed by atoms with Crippen LogP contribution >= 0.6 is 23.1 Å². The van der Waals surface area contributed by atoms with Crippen LogP contribution in [0.25, 0.3) is 0 Å². The van der Waals surface area contributed by atoms with Crippen LogP contribution in [0.5, 0.6) is 0 Å². The molecule has 0 aliphatic heterocycles. The molecule has 0 unspecified atom stereocenters. The SMILES string of the molecule is COC(=O)c1cccc(CSc2nnc(NC(=O)Nc3cccc(C#N)c3)s2)c1. The molecule has 0 saturated heterocycles. The zero-order valence-electron chi connectivity index (χ0n) is 15.2. The second-order valence-corrected chi connectivity index (χ2v) is 7.83. The van der Waals surface area contributed by atoms with Gasteiger partial charge < -0.3 is 10.1 Å². The Balaban J connectivity index is 1.55. The van der Waals surface area contributed by atoms with Gasteiger partial charge in [-0.3, -0.25) is 5.32 Å². The Hall–Kier alpha value is -3.42. The van der Waals surface area contributed by atoms with Gasteiger partial charge in [-0.15, -0.1) is 10.2 Å². The van der Waals surface area contributed by atoms with Crippen LogP contribution in [-0.4, -0.2) is 29.3 Å². The predicted molar refractivity (Wildman–Crippen MR) is 111 cm³/mol. The minimum atomic E-state index is -0.474. The maximum Gasteiger partial charge on any atom is 0.337 e. The van der Waals surface area contributed by atoms with Crippen molar-refractivity contribution in [3.8, 4) is 6.07 Å². The molecule has 2 aromatic carbocycles. The van der Waals surface area contributed by atoms with E-state index in [0.717, 1.165) is 5.56 Å². The van der Waals surface area contributed by atoms with Crippen molar-refractivity contribution in [2.75, 3.05) is 17.7 Å². The van der Waals surface area contributed by atoms with Crippen molar-refractivity contribution in [1.29, 1.82) is 5.26 Å². The zero-order chi connectivity index (χ0) is 20.6. The summed E-state index contributed by atoms with van der Waals surface area (Å²) >= 11 is 2.68. The molecule has 3 aromatic rings. The molecule has 0 radical (unpaired) electrons. The van der Waals surface area contributed by atoms with E-state index in [4.69, 9.17) is 10.00 Å². The van der Waals surface area contributed by atoms with Crippen molar-refractivity contribution >= 4 is 45.9 Å². The monoisotopic (exact) mass is 425 g/mol. The van der Waals surface area contributed by atoms with Gasteiger partial charge in [0, 0.05) is 11.4 Å². The van der Waals surface area contributed by atoms with Crippen molar-refractivity contribution in [1.82, 2.24) is 10.2 Å². The van der Waals surface area contributed by atoms with Gasteiger partial charge in [-0.25, -0.2) is 9.59 Å². The number of aromatic nitrogens is 2. The number of ether oxygens (including phenoxy) is 1. The average molecular weight is 425 g/mol. The van der Waals surface area contributed by atoms with Gasteiger partial charge in [0.05, 0.1) is 24.3 Å². The molecule has 1 heterocycles. The van der Waals surface area contributed by atoms with E-state index in [9.17, 15) is 9.59 Å². The predicted octanol–water partition coefficient (Wildman–Crippen LogP) is 4.13. The summed E-state index contributed by atoms with van der Waals surface area (Å²) in [6, 6.07) is 15.3. The lowest BCUT2D eigenvalue weighted by Gasteiger charge is -2.04. The van der Waals surface area contributed by atoms with Crippen molar-refractivity contribution < 1.29 is 14.3 Å². The maximum atomic E-state index is 12.1. The maximum absolute atomic E-state index is 12.1. The van der Waals surface area contributed by atoms with Crippen LogP contribution in [0.4, 0.5) is 15.6 Å². The number of rotatable bonds is 6. The highest BCUT2D eigenvalue weighted by molar-refractivity contribution is 8.00. The van der Waals surface area contributed by atoms with Crippen LogP contribution in [0.1, 0.15) is 21.5 Å². The number of hydrogen-bond donors (Lipinski definition) is 2. The summed E-state index contributed by atoms with van der Waals surface area (Å²) in [5, 5.41) is 22.5. The first-order valence-electron chi connectivity index (χ1n) is 8.29. The highest BCUT2D eigenvalue weighted by atomic mass is 32.2. The third-order valence-electron chi connectivity index (χ3n) is 3.59. The van der Waals surface area contributed by atoms with E-state index in [1.165, 1.54) is 30.2 Å². The summed E-state index contributed by atoms with van der Waals surface area (Å²) in [5.74, 6) is 0.206. The first-order valence-corrected chi connectivity index (χ1v) is 10.1. The number of anilines is 2. The normalized spacial score (nSPS) is 10.1. The molecule has 8 nitrogen and oxygen atoms in total. The van der Waals surface area contributed by atoms with Gasteiger partial charge in [0.15, 0.2) is 4.34 Å². The third kappa shape index (κ3) is 5.78. The number of methoxy groups -OCH3 is 1. The minimum absolute atomic E-state index is 0.352. The fourth-order valence-corrected chi connectivity index (χ4v) is 3.99. The lowest BCUT2D eigenvalue weighted by Crippen LogP contribution is -2.19. The molecular formula is C19H15N5O3S2. The molecule has 0 spiro atoms. The van der Waals surface area contributed by atoms with E-state index in [0.29, 0.717) is 32.0 Å². The number of benzene rings is 2. The number of hydrogen-bond acceptors (Lipinski definition) is 8. The van der Waals surface area contributed by atoms with E-state index < -0.39 is 6.03 Å². The quantitative estimate of drug-likeness (QED) is 0.346. The molecule has 29 heavy (non-hydrogen) atoms. The molecule has 0 aliphatic rings. The first kappa shape index (κ1) is 20.3. The number of carbonyl (C=O) groups excluding carboxylic acids is 2. The van der Waals surface area contributed by atoms with Crippen LogP contribution in [0.2, 0.25) is 0 Å². The molecule has 0 fully saturated rings. The van der Waals surface area contributed by atoms with Crippen LogP contribution in [-0.2, 0) is 10.5 Å². The summed E-state index contributed by atoms with van der Waals surface area (Å²) < 4.78 is 5.40. The number of amides is 2. The molecule has 2 N–H and O–H groups in total. The first-order chi connectivity index (χ1) is 14.1. The van der Waals surface area contributed by atoms with Crippen LogP contribution < -0.4 is 10.6 Å². The fraction of sp³-hybridized carbons (Fsp3) is 0.105. The summed E-state index contributed by atoms with van der Waals surface area (Å²) in [5.41, 5.74) is 2.39. The summed E-state index contributed by atoms with van der Waals surface area (Å²) in [6.45, 7) is 0. The molecule has 1 aromatic heterocycles. The Morgan fingerprint density at radius 2 is 2.00 bits per heavy atom. The Labute approximate surface area is 174 Å². The molecule has 2 amide bonds. The van der Waals surface area contributed by atoms with Crippen molar-refractivity contribution in [3.05, 3.63) is 65.2 Å². The highest BCUT2D eigenvalue weighted by Crippen LogP contribution is 2.28. The number of nitrogens with one attached hydrogen (secondary N) is 2. The fourth-order valence-electron chi connectivity index (χ4n) is 2.30. The van der Waals surface area contributed by atoms with Crippen molar-refractivity contribution in [2.24, 2.45) is 0 Å². The van der Waals surface area contributed by atoms with E-state index >= 15 is 0 Å². The number of carbonyl (C=O) groups is 2. The van der Waals surface area contributed by atoms with Crippen LogP contribution in [0.3, 0.4) is 0 Å². The topological polar surface area (TPSA) is 117 Å². The van der Waals surface area contributed by atoms with Gasteiger partial charge in [-0.05, 0) is 35.9 Å². The molecular weight excluding hydrogens is 410 g/mol. The number of urea groups is 1. The Bertz CT molecular complexity index is 1080. The zero-order valence-corrected chi connectivity index (χ0v) is 16.8. The van der Waals surface area contributed by atoms with Gasteiger partial charge in [-0.2, -0.15) is 5.26 Å². The van der Waals surface area contributed by atoms with E-state index in [1.807, 2.05) is 12.1 Å². The van der Waals surface area contributed by atoms with Gasteiger partial charge in [-0.1, -0.05) is 41.3 Å². The number of nitrogens with zero attached hydrogens (tertiary/aromatic N) is 3. The highest BCUT2D eigenvalue weighted by Gasteiger charge is 2.10. The van der Waals surface area contributed by atoms with Gasteiger partial charge in [0.25, 0.3) is 0 Å². The van der Waals surface area contributed by atoms with E-state index in [1.54, 1.807) is 42.5 Å². The second kappa shape index (κ2) is 9.68. The smallest absolute Gasteiger partial charge is 0.337 e. The minimum Gasteiger partial charge on any atom is -0.465 e. The molecule has 0 aliphatic carbocycles. The standard InChI is InChI=1S/C19H15N5O3S2/c1-27-16(25)14-6-2-5-13(8-14)11-28-19-24-23-18(29-19)22-17(26)21-15-7-3-4-12(9-15)10-20/h2-9H,11H2,1H3,(H2,21,22,23,26). The van der Waals surface area contributed by atoms with Gasteiger partial charge in [0.1, 0.15) is 0 Å². The lowest BCUT2D eigenvalue weighted by molar-refractivity contribution is 0.0600. The molecule has 10 heteroatoms. The summed E-state index contributed by atoms with van der Waals surface area (Å²) in [4.78, 5) is 23.7. The van der Waals surface area contributed by atoms with Crippen LogP contribution in [0.15, 0.2) is 52.9 Å². The van der Waals surface area contributed by atoms with Crippen LogP contribution in [0, 0.1) is 11.3 Å². The summed E-state index contributed by atoms with van der Waals surface area (Å²) in [7, 11) is 1.34. The van der Waals surface area contributed by atoms with Crippen molar-refractivity contribution in [3.63, 3.8) is 0 Å². The van der Waals surface area contributed by atoms with E-state index in [2.05, 4.69) is 20.8 Å². The Kier molecular flexibility index (Phi) is 6.78. The number of thioether (sulfide) groups is 1. The Morgan fingerprint density at radius 3 is 2.79 bits per heavy atom. The van der Waals surface area contributed by atoms with Gasteiger partial charge >= 0.3 is 12.0 Å². The third-order valence-corrected chi connectivity index (χ3v) is 5.63. The molecule has 0 bridgehead atoms. The number of nitriles is 1. The van der Waals surface area contributed by atoms with Crippen molar-refractivity contribution in [2.45, 2.75) is 10.1 Å². The molecule has 0 saturated carbocycles.